The molecule has 8 N–H and O–H groups in total. The molecule has 0 spiro atoms. The van der Waals surface area contributed by atoms with E-state index >= 15 is 0 Å². The van der Waals surface area contributed by atoms with Crippen molar-refractivity contribution in [2.75, 3.05) is 13.2 Å². The fourth-order valence-electron chi connectivity index (χ4n) is 0.230. The van der Waals surface area contributed by atoms with Gasteiger partial charge in [0.1, 0.15) is 6.10 Å². The van der Waals surface area contributed by atoms with E-state index in [-0.39, 0.29) is 33.4 Å². The first-order valence-electron chi connectivity index (χ1n) is 2.41. The predicted octanol–water partition coefficient (Wildman–Crippen LogP) is -2.49. The minimum absolute atomic E-state index is 0. The molecular weight excluding hydrogens is 386 g/mol. The van der Waals surface area contributed by atoms with Crippen LogP contribution in [0, 0.1) is 0 Å². The fraction of sp³-hybridized carbons (Fsp3) is 1.00. The number of hydrogen-bond acceptors (Lipinski definition) is 8. The van der Waals surface area contributed by atoms with E-state index < -0.39 is 27.1 Å². The summed E-state index contributed by atoms with van der Waals surface area (Å²) in [5.41, 5.74) is 0. The van der Waals surface area contributed by atoms with Crippen LogP contribution in [-0.4, -0.2) is 29.5 Å². The molecule has 0 aromatic carbocycles. The van der Waals surface area contributed by atoms with Crippen molar-refractivity contribution in [1.29, 1.82) is 0 Å². The van der Waals surface area contributed by atoms with Crippen molar-refractivity contribution in [3.8, 4) is 0 Å². The Bertz CT molecular complexity index is 142. The Morgan fingerprint density at radius 2 is 1.77 bits per heavy atom. The molecule has 8 nitrogen and oxygen atoms in total. The van der Waals surface area contributed by atoms with Gasteiger partial charge in [0.15, 0.2) is 0 Å². The molecule has 0 rings (SSSR count). The summed E-state index contributed by atoms with van der Waals surface area (Å²) in [6.45, 7) is -1.33. The molecule has 0 aromatic heterocycles. The molecule has 0 aromatic rings. The molecule has 0 aliphatic rings. The van der Waals surface area contributed by atoms with Gasteiger partial charge in [-0.3, -0.25) is 0 Å². The SMILES string of the molecule is N.N.O=P([O-])([O-])OCC(O)CO.[Pt+2]. The van der Waals surface area contributed by atoms with Gasteiger partial charge >= 0.3 is 21.1 Å². The first kappa shape index (κ1) is 23.4. The third-order valence-electron chi connectivity index (χ3n) is 0.636. The number of aliphatic hydroxyl groups excluding tert-OH is 2. The molecule has 0 saturated carbocycles. The van der Waals surface area contributed by atoms with Crippen LogP contribution in [0.5, 0.6) is 0 Å². The average Bonchev–Trinajstić information content (AvgIpc) is 1.81. The van der Waals surface area contributed by atoms with E-state index in [0.717, 1.165) is 0 Å². The van der Waals surface area contributed by atoms with Crippen molar-refractivity contribution in [3.05, 3.63) is 0 Å². The number of phosphoric acid groups is 1. The smallest absolute Gasteiger partial charge is 0.790 e. The summed E-state index contributed by atoms with van der Waals surface area (Å²) in [6, 6.07) is 0. The number of hydrogen-bond donors (Lipinski definition) is 4. The Morgan fingerprint density at radius 1 is 1.38 bits per heavy atom. The second-order valence-electron chi connectivity index (χ2n) is 1.58. The maximum atomic E-state index is 9.71. The van der Waals surface area contributed by atoms with Gasteiger partial charge in [0.05, 0.1) is 21.0 Å². The molecule has 0 radical (unpaired) electrons. The van der Waals surface area contributed by atoms with Crippen LogP contribution >= 0.6 is 7.82 Å². The van der Waals surface area contributed by atoms with Crippen molar-refractivity contribution < 1.29 is 50.2 Å². The van der Waals surface area contributed by atoms with Crippen molar-refractivity contribution in [3.63, 3.8) is 0 Å². The number of rotatable bonds is 4. The first-order chi connectivity index (χ1) is 4.45. The van der Waals surface area contributed by atoms with E-state index in [2.05, 4.69) is 4.52 Å². The zero-order chi connectivity index (χ0) is 8.20. The van der Waals surface area contributed by atoms with Crippen LogP contribution in [0.4, 0.5) is 0 Å². The zero-order valence-corrected chi connectivity index (χ0v) is 9.86. The number of phosphoric ester groups is 1. The van der Waals surface area contributed by atoms with Gasteiger partial charge in [-0.25, -0.2) is 0 Å². The molecule has 13 heavy (non-hydrogen) atoms. The van der Waals surface area contributed by atoms with E-state index in [1.165, 1.54) is 0 Å². The number of aliphatic hydroxyl groups is 2. The Hall–Kier alpha value is 0.638. The second-order valence-corrected chi connectivity index (χ2v) is 2.73. The summed E-state index contributed by atoms with van der Waals surface area (Å²) in [6.07, 6.45) is -1.32. The molecule has 0 bridgehead atoms. The first-order valence-corrected chi connectivity index (χ1v) is 3.87. The van der Waals surface area contributed by atoms with Gasteiger partial charge in [0, 0.05) is 0 Å². The molecule has 1 unspecified atom stereocenters. The Labute approximate surface area is 90.0 Å². The maximum absolute atomic E-state index is 9.71. The maximum Gasteiger partial charge on any atom is 2.00 e. The van der Waals surface area contributed by atoms with Crippen LogP contribution in [0.15, 0.2) is 0 Å². The Morgan fingerprint density at radius 3 is 2.00 bits per heavy atom. The quantitative estimate of drug-likeness (QED) is 0.374. The van der Waals surface area contributed by atoms with Gasteiger partial charge in [0.25, 0.3) is 0 Å². The largest absolute Gasteiger partial charge is 2.00 e. The van der Waals surface area contributed by atoms with E-state index in [1.54, 1.807) is 0 Å². The van der Waals surface area contributed by atoms with Crippen LogP contribution in [0.1, 0.15) is 0 Å². The Kier molecular flexibility index (Phi) is 19.3. The van der Waals surface area contributed by atoms with Gasteiger partial charge < -0.3 is 41.4 Å². The average molecular weight is 399 g/mol. The van der Waals surface area contributed by atoms with Gasteiger partial charge in [-0.2, -0.15) is 0 Å². The molecule has 0 amide bonds. The van der Waals surface area contributed by atoms with Crippen LogP contribution in [0.2, 0.25) is 0 Å². The second kappa shape index (κ2) is 10.7. The van der Waals surface area contributed by atoms with Crippen LogP contribution in [0.25, 0.3) is 0 Å². The van der Waals surface area contributed by atoms with Crippen molar-refractivity contribution >= 4 is 7.82 Å². The van der Waals surface area contributed by atoms with Gasteiger partial charge in [-0.15, -0.1) is 0 Å². The van der Waals surface area contributed by atoms with E-state index in [0.29, 0.717) is 0 Å². The summed E-state index contributed by atoms with van der Waals surface area (Å²) in [5, 5.41) is 16.6. The summed E-state index contributed by atoms with van der Waals surface area (Å²) >= 11 is 0. The van der Waals surface area contributed by atoms with E-state index in [4.69, 9.17) is 10.2 Å². The molecule has 0 aliphatic heterocycles. The zero-order valence-electron chi connectivity index (χ0n) is 6.70. The van der Waals surface area contributed by atoms with Crippen molar-refractivity contribution in [2.45, 2.75) is 6.10 Å². The van der Waals surface area contributed by atoms with Crippen LogP contribution < -0.4 is 22.1 Å². The normalized spacial score (nSPS) is 11.7. The molecule has 0 aliphatic carbocycles. The standard InChI is InChI=1S/C3H9O6P.2H3N.Pt/c4-1-3(5)2-9-10(6,7)8;;;/h3-5H,1-2H2,(H2,6,7,8);2*1H3;/q;;;+2/p-2. The van der Waals surface area contributed by atoms with Gasteiger partial charge in [0.2, 0.25) is 0 Å². The topological polar surface area (TPSA) is 183 Å². The van der Waals surface area contributed by atoms with Crippen molar-refractivity contribution in [1.82, 2.24) is 12.3 Å². The monoisotopic (exact) mass is 399 g/mol. The van der Waals surface area contributed by atoms with E-state index in [9.17, 15) is 14.4 Å². The van der Waals surface area contributed by atoms with Gasteiger partial charge in [-0.05, 0) is 0 Å². The summed E-state index contributed by atoms with van der Waals surface area (Å²) in [4.78, 5) is 19.4. The summed E-state index contributed by atoms with van der Waals surface area (Å²) < 4.78 is 13.3. The van der Waals surface area contributed by atoms with Crippen LogP contribution in [0.3, 0.4) is 0 Å². The van der Waals surface area contributed by atoms with E-state index in [1.807, 2.05) is 0 Å². The van der Waals surface area contributed by atoms with Gasteiger partial charge in [-0.1, -0.05) is 0 Å². The minimum Gasteiger partial charge on any atom is -0.790 e. The molecule has 0 heterocycles. The van der Waals surface area contributed by atoms with Crippen molar-refractivity contribution in [2.24, 2.45) is 0 Å². The predicted molar refractivity (Wildman–Crippen MR) is 36.7 cm³/mol. The summed E-state index contributed by atoms with van der Waals surface area (Å²) in [7, 11) is -5.00. The van der Waals surface area contributed by atoms with Crippen LogP contribution in [-0.2, 0) is 30.2 Å². The molecule has 0 fully saturated rings. The molecule has 1 atom stereocenters. The summed E-state index contributed by atoms with van der Waals surface area (Å²) in [5.74, 6) is 0. The molecule has 0 saturated heterocycles. The Balaban J connectivity index is -0.000000135. The minimum atomic E-state index is -5.00. The molecular formula is C3H13N2O6PPt. The molecule has 10 heteroatoms. The third kappa shape index (κ3) is 19.2. The molecule has 86 valence electrons. The third-order valence-corrected chi connectivity index (χ3v) is 1.10. The fourth-order valence-corrected chi connectivity index (χ4v) is 0.585.